The van der Waals surface area contributed by atoms with Gasteiger partial charge in [0.15, 0.2) is 0 Å². The minimum atomic E-state index is -0.0284. The van der Waals surface area contributed by atoms with Gasteiger partial charge in [-0.1, -0.05) is 36.4 Å². The Labute approximate surface area is 145 Å². The molecule has 5 heteroatoms. The van der Waals surface area contributed by atoms with Crippen LogP contribution in [-0.4, -0.2) is 29.4 Å². The highest BCUT2D eigenvalue weighted by Gasteiger charge is 2.11. The van der Waals surface area contributed by atoms with Crippen molar-refractivity contribution < 1.29 is 9.53 Å². The van der Waals surface area contributed by atoms with Crippen molar-refractivity contribution in [1.82, 2.24) is 9.88 Å². The minimum absolute atomic E-state index is 0.0284. The molecule has 0 saturated carbocycles. The van der Waals surface area contributed by atoms with Gasteiger partial charge in [-0.05, 0) is 30.2 Å². The lowest BCUT2D eigenvalue weighted by atomic mass is 10.1. The van der Waals surface area contributed by atoms with E-state index in [4.69, 9.17) is 4.74 Å². The third-order valence-corrected chi connectivity index (χ3v) is 4.89. The van der Waals surface area contributed by atoms with Crippen LogP contribution in [0.5, 0.6) is 0 Å². The van der Waals surface area contributed by atoms with Crippen molar-refractivity contribution in [2.45, 2.75) is 20.1 Å². The second-order valence-corrected chi connectivity index (χ2v) is 6.86. The standard InChI is InChI=1S/C19H20N2O2S/c1-14-7-3-4-8-15(14)11-21(2)19(22)13-23-12-18-20-16-9-5-6-10-17(16)24-18/h3-10H,11-13H2,1-2H3. The van der Waals surface area contributed by atoms with Gasteiger partial charge in [-0.2, -0.15) is 0 Å². The topological polar surface area (TPSA) is 42.4 Å². The van der Waals surface area contributed by atoms with Gasteiger partial charge in [0.2, 0.25) is 5.91 Å². The molecule has 0 atom stereocenters. The number of thiazole rings is 1. The van der Waals surface area contributed by atoms with E-state index in [9.17, 15) is 4.79 Å². The van der Waals surface area contributed by atoms with Crippen molar-refractivity contribution in [2.75, 3.05) is 13.7 Å². The SMILES string of the molecule is Cc1ccccc1CN(C)C(=O)COCc1nc2ccccc2s1. The molecule has 0 aliphatic rings. The third kappa shape index (κ3) is 3.99. The summed E-state index contributed by atoms with van der Waals surface area (Å²) in [7, 11) is 1.80. The first kappa shape index (κ1) is 16.6. The number of benzene rings is 2. The van der Waals surface area contributed by atoms with Crippen LogP contribution in [0.3, 0.4) is 0 Å². The van der Waals surface area contributed by atoms with Crippen molar-refractivity contribution in [2.24, 2.45) is 0 Å². The average molecular weight is 340 g/mol. The number of ether oxygens (including phenoxy) is 1. The number of hydrogen-bond donors (Lipinski definition) is 0. The molecule has 1 heterocycles. The first-order valence-electron chi connectivity index (χ1n) is 7.84. The lowest BCUT2D eigenvalue weighted by Gasteiger charge is -2.18. The number of carbonyl (C=O) groups is 1. The normalized spacial score (nSPS) is 10.9. The number of likely N-dealkylation sites (N-methyl/N-ethyl adjacent to an activating group) is 1. The van der Waals surface area contributed by atoms with Crippen LogP contribution in [0.15, 0.2) is 48.5 Å². The number of para-hydroxylation sites is 1. The van der Waals surface area contributed by atoms with Crippen LogP contribution in [0, 0.1) is 6.92 Å². The van der Waals surface area contributed by atoms with Gasteiger partial charge < -0.3 is 9.64 Å². The molecule has 24 heavy (non-hydrogen) atoms. The highest BCUT2D eigenvalue weighted by atomic mass is 32.1. The summed E-state index contributed by atoms with van der Waals surface area (Å²) in [4.78, 5) is 18.4. The van der Waals surface area contributed by atoms with Crippen molar-refractivity contribution in [3.05, 3.63) is 64.7 Å². The first-order valence-corrected chi connectivity index (χ1v) is 8.66. The van der Waals surface area contributed by atoms with Gasteiger partial charge in [-0.25, -0.2) is 4.98 Å². The molecule has 124 valence electrons. The summed E-state index contributed by atoms with van der Waals surface area (Å²) in [6.07, 6.45) is 0. The number of carbonyl (C=O) groups excluding carboxylic acids is 1. The third-order valence-electron chi connectivity index (χ3n) is 3.88. The minimum Gasteiger partial charge on any atom is -0.364 e. The van der Waals surface area contributed by atoms with Crippen LogP contribution in [-0.2, 0) is 22.7 Å². The monoisotopic (exact) mass is 340 g/mol. The van der Waals surface area contributed by atoms with Gasteiger partial charge in [0.1, 0.15) is 11.6 Å². The van der Waals surface area contributed by atoms with Crippen LogP contribution in [0.25, 0.3) is 10.2 Å². The van der Waals surface area contributed by atoms with Crippen LogP contribution in [0.2, 0.25) is 0 Å². The van der Waals surface area contributed by atoms with E-state index in [0.717, 1.165) is 20.8 Å². The molecule has 4 nitrogen and oxygen atoms in total. The van der Waals surface area contributed by atoms with E-state index in [2.05, 4.69) is 18.0 Å². The van der Waals surface area contributed by atoms with Gasteiger partial charge in [0.25, 0.3) is 0 Å². The molecule has 0 bridgehead atoms. The highest BCUT2D eigenvalue weighted by molar-refractivity contribution is 7.18. The number of hydrogen-bond acceptors (Lipinski definition) is 4. The van der Waals surface area contributed by atoms with E-state index < -0.39 is 0 Å². The summed E-state index contributed by atoms with van der Waals surface area (Å²) < 4.78 is 6.69. The Hall–Kier alpha value is -2.24. The fourth-order valence-electron chi connectivity index (χ4n) is 2.45. The van der Waals surface area contributed by atoms with Crippen molar-refractivity contribution in [3.63, 3.8) is 0 Å². The van der Waals surface area contributed by atoms with E-state index in [1.807, 2.05) is 42.5 Å². The lowest BCUT2D eigenvalue weighted by molar-refractivity contribution is -0.135. The van der Waals surface area contributed by atoms with Gasteiger partial charge in [0, 0.05) is 13.6 Å². The number of amides is 1. The smallest absolute Gasteiger partial charge is 0.248 e. The molecule has 0 radical (unpaired) electrons. The highest BCUT2D eigenvalue weighted by Crippen LogP contribution is 2.21. The van der Waals surface area contributed by atoms with E-state index in [1.54, 1.807) is 23.3 Å². The van der Waals surface area contributed by atoms with Crippen molar-refractivity contribution in [1.29, 1.82) is 0 Å². The zero-order valence-electron chi connectivity index (χ0n) is 13.9. The molecule has 0 fully saturated rings. The maximum absolute atomic E-state index is 12.2. The lowest BCUT2D eigenvalue weighted by Crippen LogP contribution is -2.30. The zero-order chi connectivity index (χ0) is 16.9. The Balaban J connectivity index is 1.50. The van der Waals surface area contributed by atoms with E-state index in [1.165, 1.54) is 5.56 Å². The second-order valence-electron chi connectivity index (χ2n) is 5.74. The molecule has 3 rings (SSSR count). The molecular weight excluding hydrogens is 320 g/mol. The summed E-state index contributed by atoms with van der Waals surface area (Å²) in [5, 5.41) is 0.894. The predicted octanol–water partition coefficient (Wildman–Crippen LogP) is 3.78. The first-order chi connectivity index (χ1) is 11.6. The van der Waals surface area contributed by atoms with E-state index in [-0.39, 0.29) is 12.5 Å². The maximum atomic E-state index is 12.2. The fourth-order valence-corrected chi connectivity index (χ4v) is 3.35. The Bertz CT molecular complexity index is 811. The van der Waals surface area contributed by atoms with Crippen LogP contribution in [0.4, 0.5) is 0 Å². The molecule has 3 aromatic rings. The number of fused-ring (bicyclic) bond motifs is 1. The number of aromatic nitrogens is 1. The predicted molar refractivity (Wildman–Crippen MR) is 96.9 cm³/mol. The average Bonchev–Trinajstić information content (AvgIpc) is 2.99. The summed E-state index contributed by atoms with van der Waals surface area (Å²) in [5.74, 6) is -0.0284. The molecular formula is C19H20N2O2S. The molecule has 2 aromatic carbocycles. The molecule has 0 N–H and O–H groups in total. The van der Waals surface area contributed by atoms with Crippen LogP contribution >= 0.6 is 11.3 Å². The van der Waals surface area contributed by atoms with Crippen molar-refractivity contribution >= 4 is 27.5 Å². The Morgan fingerprint density at radius 3 is 2.71 bits per heavy atom. The molecule has 0 unspecified atom stereocenters. The molecule has 1 aromatic heterocycles. The van der Waals surface area contributed by atoms with Crippen molar-refractivity contribution in [3.8, 4) is 0 Å². The van der Waals surface area contributed by atoms with Gasteiger partial charge in [-0.15, -0.1) is 11.3 Å². The van der Waals surface area contributed by atoms with Gasteiger partial charge in [-0.3, -0.25) is 4.79 Å². The van der Waals surface area contributed by atoms with Gasteiger partial charge >= 0.3 is 0 Å². The summed E-state index contributed by atoms with van der Waals surface area (Å²) in [5.41, 5.74) is 3.32. The second kappa shape index (κ2) is 7.55. The largest absolute Gasteiger partial charge is 0.364 e. The van der Waals surface area contributed by atoms with Crippen LogP contribution < -0.4 is 0 Å². The zero-order valence-corrected chi connectivity index (χ0v) is 14.7. The van der Waals surface area contributed by atoms with E-state index >= 15 is 0 Å². The Morgan fingerprint density at radius 1 is 1.17 bits per heavy atom. The number of nitrogens with zero attached hydrogens (tertiary/aromatic N) is 2. The van der Waals surface area contributed by atoms with Gasteiger partial charge in [0.05, 0.1) is 16.8 Å². The summed E-state index contributed by atoms with van der Waals surface area (Å²) in [6, 6.07) is 16.1. The maximum Gasteiger partial charge on any atom is 0.248 e. The summed E-state index contributed by atoms with van der Waals surface area (Å²) in [6.45, 7) is 3.08. The molecule has 0 aliphatic carbocycles. The fraction of sp³-hybridized carbons (Fsp3) is 0.263. The molecule has 1 amide bonds. The number of rotatable bonds is 6. The molecule has 0 aliphatic heterocycles. The van der Waals surface area contributed by atoms with Crippen LogP contribution in [0.1, 0.15) is 16.1 Å². The number of aryl methyl sites for hydroxylation is 1. The quantitative estimate of drug-likeness (QED) is 0.686. The Kier molecular flexibility index (Phi) is 5.23. The molecule has 0 spiro atoms. The summed E-state index contributed by atoms with van der Waals surface area (Å²) >= 11 is 1.60. The molecule has 0 saturated heterocycles. The van der Waals surface area contributed by atoms with E-state index in [0.29, 0.717) is 13.2 Å². The Morgan fingerprint density at radius 2 is 1.92 bits per heavy atom.